The average molecular weight is 94.1 g/mol. The molecule has 0 aliphatic carbocycles. The molecule has 0 aromatic carbocycles. The number of nitriles is 1. The fourth-order valence-electron chi connectivity index (χ4n) is 0.356. The van der Waals surface area contributed by atoms with Gasteiger partial charge in [-0.3, -0.25) is 0 Å². The minimum absolute atomic E-state index is 0.194. The van der Waals surface area contributed by atoms with Crippen LogP contribution in [0.25, 0.3) is 0 Å². The summed E-state index contributed by atoms with van der Waals surface area (Å²) in [6.45, 7) is 0. The molecule has 0 bridgehead atoms. The molecule has 0 saturated heterocycles. The smallest absolute Gasteiger partial charge is 0.133 e. The Morgan fingerprint density at radius 1 is 1.86 bits per heavy atom. The van der Waals surface area contributed by atoms with Crippen molar-refractivity contribution in [1.29, 1.82) is 5.26 Å². The number of hydrogen-bond acceptors (Lipinski definition) is 3. The van der Waals surface area contributed by atoms with E-state index >= 15 is 0 Å². The Hall–Kier alpha value is -1.01. The van der Waals surface area contributed by atoms with Crippen LogP contribution in [0, 0.1) is 17.5 Å². The van der Waals surface area contributed by atoms with E-state index < -0.39 is 0 Å². The van der Waals surface area contributed by atoms with Gasteiger partial charge >= 0.3 is 0 Å². The molecule has 3 heteroatoms. The highest BCUT2D eigenvalue weighted by Crippen LogP contribution is 1.84. The van der Waals surface area contributed by atoms with Crippen molar-refractivity contribution in [2.24, 2.45) is 0 Å². The molecule has 3 nitrogen and oxygen atoms in total. The molecule has 0 aromatic rings. The molecular formula is C4H4N3. The maximum absolute atomic E-state index is 8.14. The lowest BCUT2D eigenvalue weighted by atomic mass is 10.4. The van der Waals surface area contributed by atoms with Crippen molar-refractivity contribution in [3.63, 3.8) is 0 Å². The van der Waals surface area contributed by atoms with E-state index in [4.69, 9.17) is 5.26 Å². The minimum Gasteiger partial charge on any atom is -0.318 e. The van der Waals surface area contributed by atoms with E-state index in [0.29, 0.717) is 0 Å². The summed E-state index contributed by atoms with van der Waals surface area (Å²) in [5.41, 5.74) is 5.17. The Morgan fingerprint density at radius 2 is 2.71 bits per heavy atom. The second-order valence-corrected chi connectivity index (χ2v) is 1.19. The van der Waals surface area contributed by atoms with Gasteiger partial charge in [0.2, 0.25) is 0 Å². The third kappa shape index (κ3) is 0.699. The molecule has 0 fully saturated rings. The van der Waals surface area contributed by atoms with Crippen molar-refractivity contribution >= 4 is 0 Å². The van der Waals surface area contributed by atoms with Gasteiger partial charge in [-0.05, 0) is 6.08 Å². The van der Waals surface area contributed by atoms with E-state index in [9.17, 15) is 0 Å². The second kappa shape index (κ2) is 1.63. The zero-order valence-corrected chi connectivity index (χ0v) is 3.60. The summed E-state index contributed by atoms with van der Waals surface area (Å²) < 4.78 is 0. The van der Waals surface area contributed by atoms with Gasteiger partial charge in [-0.1, -0.05) is 0 Å². The first-order valence-electron chi connectivity index (χ1n) is 1.92. The van der Waals surface area contributed by atoms with E-state index in [1.807, 2.05) is 6.07 Å². The first kappa shape index (κ1) is 4.16. The zero-order valence-electron chi connectivity index (χ0n) is 3.60. The number of nitrogens with zero attached hydrogens (tertiary/aromatic N) is 1. The fraction of sp³-hybridized carbons (Fsp3) is 0.250. The van der Waals surface area contributed by atoms with Crippen LogP contribution < -0.4 is 10.9 Å². The summed E-state index contributed by atoms with van der Waals surface area (Å²) in [4.78, 5) is 0. The molecule has 0 saturated carbocycles. The zero-order chi connectivity index (χ0) is 5.11. The lowest BCUT2D eigenvalue weighted by Gasteiger charge is -1.92. The Morgan fingerprint density at radius 3 is 3.00 bits per heavy atom. The van der Waals surface area contributed by atoms with Crippen LogP contribution in [0.3, 0.4) is 0 Å². The van der Waals surface area contributed by atoms with Gasteiger partial charge in [-0.15, -0.1) is 0 Å². The van der Waals surface area contributed by atoms with E-state index in [1.165, 1.54) is 0 Å². The maximum Gasteiger partial charge on any atom is 0.133 e. The molecule has 1 aliphatic heterocycles. The van der Waals surface area contributed by atoms with Gasteiger partial charge in [0.15, 0.2) is 0 Å². The molecule has 1 unspecified atom stereocenters. The van der Waals surface area contributed by atoms with Gasteiger partial charge in [0.1, 0.15) is 6.04 Å². The van der Waals surface area contributed by atoms with Crippen LogP contribution in [-0.4, -0.2) is 6.04 Å². The quantitative estimate of drug-likeness (QED) is 0.417. The Bertz CT molecular complexity index is 121. The van der Waals surface area contributed by atoms with Crippen LogP contribution in [0.15, 0.2) is 6.08 Å². The molecule has 1 radical (unpaired) electrons. The van der Waals surface area contributed by atoms with Crippen LogP contribution in [-0.2, 0) is 0 Å². The molecule has 1 aliphatic rings. The summed E-state index contributed by atoms with van der Waals surface area (Å²) in [6.07, 6.45) is 4.24. The molecular weight excluding hydrogens is 90.1 g/mol. The van der Waals surface area contributed by atoms with Crippen molar-refractivity contribution in [2.45, 2.75) is 6.04 Å². The van der Waals surface area contributed by atoms with E-state index in [-0.39, 0.29) is 6.04 Å². The van der Waals surface area contributed by atoms with E-state index in [2.05, 4.69) is 17.1 Å². The normalized spacial score (nSPS) is 26.4. The highest BCUT2D eigenvalue weighted by Gasteiger charge is 2.02. The van der Waals surface area contributed by atoms with Crippen molar-refractivity contribution in [3.8, 4) is 6.07 Å². The summed E-state index contributed by atoms with van der Waals surface area (Å²) >= 11 is 0. The van der Waals surface area contributed by atoms with Crippen LogP contribution in [0.1, 0.15) is 0 Å². The van der Waals surface area contributed by atoms with Gasteiger partial charge in [0.05, 0.1) is 12.3 Å². The highest BCUT2D eigenvalue weighted by molar-refractivity contribution is 5.05. The summed E-state index contributed by atoms with van der Waals surface area (Å²) in [6, 6.07) is 1.78. The maximum atomic E-state index is 8.14. The minimum atomic E-state index is -0.194. The molecule has 0 aromatic heterocycles. The van der Waals surface area contributed by atoms with Gasteiger partial charge < -0.3 is 5.43 Å². The number of hydrogen-bond donors (Lipinski definition) is 2. The molecule has 2 N–H and O–H groups in total. The van der Waals surface area contributed by atoms with Gasteiger partial charge in [0, 0.05) is 0 Å². The first-order valence-corrected chi connectivity index (χ1v) is 1.92. The van der Waals surface area contributed by atoms with Crippen molar-refractivity contribution < 1.29 is 0 Å². The highest BCUT2D eigenvalue weighted by atomic mass is 15.4. The van der Waals surface area contributed by atoms with Crippen molar-refractivity contribution in [3.05, 3.63) is 12.3 Å². The number of nitrogens with one attached hydrogen (secondary N) is 2. The lowest BCUT2D eigenvalue weighted by Crippen LogP contribution is -2.28. The monoisotopic (exact) mass is 94.0 g/mol. The van der Waals surface area contributed by atoms with E-state index in [0.717, 1.165) is 0 Å². The SMILES string of the molecule is N#CC1C=[C]NN1. The standard InChI is InChI=1S/C4H4N3/c5-3-4-1-2-6-7-4/h1,4,6-7H. The number of hydrazine groups is 1. The van der Waals surface area contributed by atoms with Gasteiger partial charge in [-0.2, -0.15) is 5.26 Å². The van der Waals surface area contributed by atoms with Gasteiger partial charge in [0.25, 0.3) is 0 Å². The molecule has 35 valence electrons. The van der Waals surface area contributed by atoms with Crippen LogP contribution >= 0.6 is 0 Å². The largest absolute Gasteiger partial charge is 0.318 e. The molecule has 1 heterocycles. The molecule has 0 amide bonds. The topological polar surface area (TPSA) is 47.9 Å². The first-order chi connectivity index (χ1) is 3.43. The summed E-state index contributed by atoms with van der Waals surface area (Å²) in [5.74, 6) is 0. The Balaban J connectivity index is 2.47. The van der Waals surface area contributed by atoms with Crippen LogP contribution in [0.5, 0.6) is 0 Å². The van der Waals surface area contributed by atoms with Crippen LogP contribution in [0.2, 0.25) is 0 Å². The second-order valence-electron chi connectivity index (χ2n) is 1.19. The Kier molecular flexibility index (Phi) is 0.966. The van der Waals surface area contributed by atoms with Crippen molar-refractivity contribution in [1.82, 2.24) is 10.9 Å². The fourth-order valence-corrected chi connectivity index (χ4v) is 0.356. The van der Waals surface area contributed by atoms with E-state index in [1.54, 1.807) is 6.08 Å². The third-order valence-electron chi connectivity index (χ3n) is 0.689. The molecule has 1 rings (SSSR count). The molecule has 1 atom stereocenters. The summed E-state index contributed by atoms with van der Waals surface area (Å²) in [7, 11) is 0. The Labute approximate surface area is 41.6 Å². The van der Waals surface area contributed by atoms with Crippen LogP contribution in [0.4, 0.5) is 0 Å². The molecule has 7 heavy (non-hydrogen) atoms. The molecule has 0 spiro atoms. The number of rotatable bonds is 0. The predicted octanol–water partition coefficient (Wildman–Crippen LogP) is -0.697. The third-order valence-corrected chi connectivity index (χ3v) is 0.689. The van der Waals surface area contributed by atoms with Crippen molar-refractivity contribution in [2.75, 3.05) is 0 Å². The summed E-state index contributed by atoms with van der Waals surface area (Å²) in [5, 5.41) is 8.14. The lowest BCUT2D eigenvalue weighted by molar-refractivity contribution is 0.657. The average Bonchev–Trinajstić information content (AvgIpc) is 2.14. The van der Waals surface area contributed by atoms with Gasteiger partial charge in [-0.25, -0.2) is 5.43 Å². The predicted molar refractivity (Wildman–Crippen MR) is 23.5 cm³/mol.